The fraction of sp³-hybridized carbons (Fsp3) is 0.444. The molecule has 1 rings (SSSR count). The topological polar surface area (TPSA) is 78.7 Å². The van der Waals surface area contributed by atoms with E-state index in [0.717, 1.165) is 0 Å². The van der Waals surface area contributed by atoms with Crippen molar-refractivity contribution in [3.8, 4) is 6.07 Å². The van der Waals surface area contributed by atoms with Gasteiger partial charge in [0, 0.05) is 41.2 Å². The van der Waals surface area contributed by atoms with Crippen molar-refractivity contribution >= 4 is 16.6 Å². The van der Waals surface area contributed by atoms with Gasteiger partial charge in [0.25, 0.3) is 0 Å². The molecular weight excluding hydrogens is 212 g/mol. The molecule has 0 aliphatic carbocycles. The van der Waals surface area contributed by atoms with Crippen LogP contribution in [0.3, 0.4) is 0 Å². The third-order valence-electron chi connectivity index (χ3n) is 1.93. The van der Waals surface area contributed by atoms with Crippen molar-refractivity contribution in [3.63, 3.8) is 0 Å². The van der Waals surface area contributed by atoms with Crippen molar-refractivity contribution in [1.82, 2.24) is 9.97 Å². The molecule has 0 amide bonds. The van der Waals surface area contributed by atoms with Crippen LogP contribution in [0, 0.1) is 11.3 Å². The Morgan fingerprint density at radius 1 is 1.60 bits per heavy atom. The molecule has 1 aromatic heterocycles. The number of hydrogen-bond acceptors (Lipinski definition) is 5. The van der Waals surface area contributed by atoms with Crippen LogP contribution in [0.4, 0.5) is 5.82 Å². The zero-order valence-electron chi connectivity index (χ0n) is 8.60. The molecule has 6 heteroatoms. The van der Waals surface area contributed by atoms with Crippen molar-refractivity contribution < 1.29 is 4.21 Å². The highest BCUT2D eigenvalue weighted by Gasteiger charge is 2.08. The van der Waals surface area contributed by atoms with Crippen molar-refractivity contribution in [3.05, 3.63) is 18.1 Å². The van der Waals surface area contributed by atoms with Crippen molar-refractivity contribution in [2.45, 2.75) is 12.2 Å². The molecule has 0 aliphatic rings. The normalized spacial score (nSPS) is 13.9. The fourth-order valence-electron chi connectivity index (χ4n) is 0.907. The molecule has 15 heavy (non-hydrogen) atoms. The third-order valence-corrected chi connectivity index (χ3v) is 3.23. The summed E-state index contributed by atoms with van der Waals surface area (Å²) in [7, 11) is -0.886. The van der Waals surface area contributed by atoms with Gasteiger partial charge in [-0.05, 0) is 6.92 Å². The lowest BCUT2D eigenvalue weighted by Gasteiger charge is -2.10. The summed E-state index contributed by atoms with van der Waals surface area (Å²) in [5.74, 6) is 0.442. The zero-order chi connectivity index (χ0) is 11.3. The van der Waals surface area contributed by atoms with Gasteiger partial charge in [-0.3, -0.25) is 4.21 Å². The van der Waals surface area contributed by atoms with Crippen LogP contribution in [-0.4, -0.2) is 32.2 Å². The second-order valence-corrected chi connectivity index (χ2v) is 4.86. The van der Waals surface area contributed by atoms with E-state index in [2.05, 4.69) is 15.3 Å². The van der Waals surface area contributed by atoms with E-state index in [0.29, 0.717) is 12.4 Å². The van der Waals surface area contributed by atoms with Gasteiger partial charge in [-0.2, -0.15) is 5.26 Å². The van der Waals surface area contributed by atoms with Crippen molar-refractivity contribution in [2.75, 3.05) is 18.1 Å². The predicted molar refractivity (Wildman–Crippen MR) is 58.8 cm³/mol. The highest BCUT2D eigenvalue weighted by Crippen LogP contribution is 2.06. The second kappa shape index (κ2) is 5.41. The Morgan fingerprint density at radius 2 is 2.27 bits per heavy atom. The first-order chi connectivity index (χ1) is 7.15. The number of hydrogen-bond donors (Lipinski definition) is 1. The Bertz CT molecular complexity index is 401. The Labute approximate surface area is 91.0 Å². The Balaban J connectivity index is 2.66. The summed E-state index contributed by atoms with van der Waals surface area (Å²) < 4.78 is 11.1. The maximum atomic E-state index is 11.1. The molecule has 0 aromatic carbocycles. The predicted octanol–water partition coefficient (Wildman–Crippen LogP) is 0.527. The molecule has 0 spiro atoms. The van der Waals surface area contributed by atoms with Crippen LogP contribution < -0.4 is 5.32 Å². The molecule has 80 valence electrons. The smallest absolute Gasteiger partial charge is 0.182 e. The number of rotatable bonds is 4. The van der Waals surface area contributed by atoms with E-state index in [1.165, 1.54) is 12.4 Å². The summed E-state index contributed by atoms with van der Waals surface area (Å²) in [5.41, 5.74) is 0.256. The van der Waals surface area contributed by atoms with E-state index >= 15 is 0 Å². The maximum Gasteiger partial charge on any atom is 0.182 e. The summed E-state index contributed by atoms with van der Waals surface area (Å²) >= 11 is 0. The van der Waals surface area contributed by atoms with Crippen LogP contribution in [0.1, 0.15) is 12.6 Å². The zero-order valence-corrected chi connectivity index (χ0v) is 9.41. The van der Waals surface area contributed by atoms with Gasteiger partial charge >= 0.3 is 0 Å². The van der Waals surface area contributed by atoms with Gasteiger partial charge in [0.05, 0.1) is 0 Å². The Morgan fingerprint density at radius 3 is 2.87 bits per heavy atom. The van der Waals surface area contributed by atoms with Crippen molar-refractivity contribution in [2.24, 2.45) is 0 Å². The fourth-order valence-corrected chi connectivity index (χ4v) is 1.23. The van der Waals surface area contributed by atoms with Gasteiger partial charge in [0.15, 0.2) is 11.5 Å². The molecule has 0 aliphatic heterocycles. The van der Waals surface area contributed by atoms with Crippen LogP contribution in [0.5, 0.6) is 0 Å². The van der Waals surface area contributed by atoms with Gasteiger partial charge in [-0.1, -0.05) is 0 Å². The lowest BCUT2D eigenvalue weighted by molar-refractivity contribution is 0.678. The van der Waals surface area contributed by atoms with Crippen LogP contribution in [0.25, 0.3) is 0 Å². The summed E-state index contributed by atoms with van der Waals surface area (Å²) in [4.78, 5) is 7.84. The quantitative estimate of drug-likeness (QED) is 0.807. The minimum atomic E-state index is -0.886. The van der Waals surface area contributed by atoms with Crippen LogP contribution in [0.2, 0.25) is 0 Å². The first-order valence-electron chi connectivity index (χ1n) is 4.42. The highest BCUT2D eigenvalue weighted by atomic mass is 32.2. The van der Waals surface area contributed by atoms with E-state index in [9.17, 15) is 4.21 Å². The summed E-state index contributed by atoms with van der Waals surface area (Å²) in [6, 6.07) is 1.94. The molecule has 0 bridgehead atoms. The van der Waals surface area contributed by atoms with Crippen LogP contribution in [0.15, 0.2) is 12.4 Å². The first kappa shape index (κ1) is 11.6. The highest BCUT2D eigenvalue weighted by molar-refractivity contribution is 7.84. The number of nitrogens with zero attached hydrogens (tertiary/aromatic N) is 3. The van der Waals surface area contributed by atoms with E-state index in [1.54, 1.807) is 6.26 Å². The SMILES string of the molecule is CC(CNc1nccnc1C#N)S(C)=O. The minimum absolute atomic E-state index is 0.0125. The Kier molecular flexibility index (Phi) is 4.18. The van der Waals surface area contributed by atoms with Gasteiger partial charge < -0.3 is 5.32 Å². The summed E-state index contributed by atoms with van der Waals surface area (Å²) in [6.07, 6.45) is 4.62. The van der Waals surface area contributed by atoms with Gasteiger partial charge in [-0.25, -0.2) is 9.97 Å². The molecule has 2 unspecified atom stereocenters. The summed E-state index contributed by atoms with van der Waals surface area (Å²) in [6.45, 7) is 2.38. The molecule has 0 saturated carbocycles. The van der Waals surface area contributed by atoms with E-state index in [4.69, 9.17) is 5.26 Å². The number of nitriles is 1. The number of nitrogens with one attached hydrogen (secondary N) is 1. The molecule has 0 saturated heterocycles. The third kappa shape index (κ3) is 3.29. The maximum absolute atomic E-state index is 11.1. The van der Waals surface area contributed by atoms with Crippen LogP contribution in [-0.2, 0) is 10.8 Å². The molecular formula is C9H12N4OS. The number of anilines is 1. The second-order valence-electron chi connectivity index (χ2n) is 3.06. The molecule has 0 fully saturated rings. The van der Waals surface area contributed by atoms with Gasteiger partial charge in [0.2, 0.25) is 0 Å². The molecule has 1 aromatic rings. The largest absolute Gasteiger partial charge is 0.366 e. The lowest BCUT2D eigenvalue weighted by atomic mass is 10.4. The van der Waals surface area contributed by atoms with Crippen molar-refractivity contribution in [1.29, 1.82) is 5.26 Å². The van der Waals surface area contributed by atoms with E-state index in [1.807, 2.05) is 13.0 Å². The van der Waals surface area contributed by atoms with E-state index < -0.39 is 10.8 Å². The minimum Gasteiger partial charge on any atom is -0.366 e. The molecule has 0 radical (unpaired) electrons. The molecule has 5 nitrogen and oxygen atoms in total. The van der Waals surface area contributed by atoms with E-state index in [-0.39, 0.29) is 10.9 Å². The summed E-state index contributed by atoms with van der Waals surface area (Å²) in [5, 5.41) is 11.7. The van der Waals surface area contributed by atoms with Gasteiger partial charge in [-0.15, -0.1) is 0 Å². The monoisotopic (exact) mass is 224 g/mol. The van der Waals surface area contributed by atoms with Gasteiger partial charge in [0.1, 0.15) is 6.07 Å². The lowest BCUT2D eigenvalue weighted by Crippen LogP contribution is -2.21. The first-order valence-corrected chi connectivity index (χ1v) is 6.04. The molecule has 1 N–H and O–H groups in total. The molecule has 2 atom stereocenters. The average Bonchev–Trinajstić information content (AvgIpc) is 2.26. The Hall–Kier alpha value is -1.48. The number of aromatic nitrogens is 2. The molecule has 1 heterocycles. The average molecular weight is 224 g/mol. The van der Waals surface area contributed by atoms with Crippen LogP contribution >= 0.6 is 0 Å². The standard InChI is InChI=1S/C9H12N4OS/c1-7(15(2)14)6-13-9-8(5-10)11-3-4-12-9/h3-4,7H,6H2,1-2H3,(H,12,13).